The molecule has 0 amide bonds. The van der Waals surface area contributed by atoms with Crippen molar-refractivity contribution in [3.63, 3.8) is 0 Å². The van der Waals surface area contributed by atoms with Crippen LogP contribution in [0.1, 0.15) is 13.3 Å². The number of pyridine rings is 1. The van der Waals surface area contributed by atoms with Crippen LogP contribution in [0, 0.1) is 0 Å². The van der Waals surface area contributed by atoms with Gasteiger partial charge in [-0.3, -0.25) is 0 Å². The minimum Gasteiger partial charge on any atom is -0.384 e. The second-order valence-corrected chi connectivity index (χ2v) is 6.30. The minimum absolute atomic E-state index is 0.695. The zero-order chi connectivity index (χ0) is 16.8. The highest BCUT2D eigenvalue weighted by atomic mass is 35.5. The summed E-state index contributed by atoms with van der Waals surface area (Å²) in [5.74, 6) is 0.695. The molecule has 0 bridgehead atoms. The van der Waals surface area contributed by atoms with E-state index >= 15 is 0 Å². The van der Waals surface area contributed by atoms with E-state index in [9.17, 15) is 0 Å². The Hall–Kier alpha value is -1.84. The quantitative estimate of drug-likeness (QED) is 0.364. The summed E-state index contributed by atoms with van der Waals surface area (Å²) < 4.78 is 0. The molecule has 1 heterocycles. The third kappa shape index (κ3) is 3.80. The van der Waals surface area contributed by atoms with E-state index in [2.05, 4.69) is 53.5 Å². The maximum Gasteiger partial charge on any atom is 0.0730 e. The van der Waals surface area contributed by atoms with Gasteiger partial charge in [-0.2, -0.15) is 0 Å². The summed E-state index contributed by atoms with van der Waals surface area (Å²) in [6, 6.07) is 16.7. The topological polar surface area (TPSA) is 28.2 Å². The third-order valence-electron chi connectivity index (χ3n) is 4.39. The lowest BCUT2D eigenvalue weighted by molar-refractivity contribution is 0.304. The van der Waals surface area contributed by atoms with Gasteiger partial charge in [-0.25, -0.2) is 4.98 Å². The highest BCUT2D eigenvalue weighted by molar-refractivity contribution is 6.18. The van der Waals surface area contributed by atoms with Crippen LogP contribution in [0.5, 0.6) is 0 Å². The number of benzene rings is 2. The fourth-order valence-electron chi connectivity index (χ4n) is 3.09. The van der Waals surface area contributed by atoms with Crippen molar-refractivity contribution in [3.8, 4) is 0 Å². The Morgan fingerprint density at radius 2 is 1.58 bits per heavy atom. The Bertz CT molecular complexity index is 749. The van der Waals surface area contributed by atoms with E-state index in [0.717, 1.165) is 43.6 Å². The Balaban J connectivity index is 1.79. The van der Waals surface area contributed by atoms with E-state index in [0.29, 0.717) is 5.88 Å². The number of anilines is 1. The van der Waals surface area contributed by atoms with E-state index in [1.807, 2.05) is 12.1 Å². The summed E-state index contributed by atoms with van der Waals surface area (Å²) in [6.45, 7) is 6.20. The number of hydrogen-bond donors (Lipinski definition) is 1. The van der Waals surface area contributed by atoms with E-state index < -0.39 is 0 Å². The Labute approximate surface area is 148 Å². The van der Waals surface area contributed by atoms with Crippen LogP contribution >= 0.6 is 11.6 Å². The third-order valence-corrected chi connectivity index (χ3v) is 4.56. The smallest absolute Gasteiger partial charge is 0.0730 e. The second-order valence-electron chi connectivity index (χ2n) is 5.92. The Morgan fingerprint density at radius 3 is 2.17 bits per heavy atom. The molecule has 126 valence electrons. The monoisotopic (exact) mass is 341 g/mol. The molecular weight excluding hydrogens is 318 g/mol. The van der Waals surface area contributed by atoms with E-state index in [1.165, 1.54) is 16.5 Å². The summed E-state index contributed by atoms with van der Waals surface area (Å²) >= 11 is 5.85. The molecule has 0 aliphatic rings. The van der Waals surface area contributed by atoms with Crippen molar-refractivity contribution < 1.29 is 0 Å². The van der Waals surface area contributed by atoms with Crippen LogP contribution in [-0.2, 0) is 0 Å². The highest BCUT2D eigenvalue weighted by Gasteiger charge is 2.08. The van der Waals surface area contributed by atoms with Crippen LogP contribution in [0.4, 0.5) is 5.69 Å². The standard InChI is InChI=1S/C20H24ClN3/c1-2-24(15-12-21)14-7-13-22-20-16-8-3-5-10-18(16)23-19-11-6-4-9-17(19)20/h3-6,8-11H,2,7,12-15H2,1H3,(H,22,23). The summed E-state index contributed by atoms with van der Waals surface area (Å²) in [7, 11) is 0. The lowest BCUT2D eigenvalue weighted by Crippen LogP contribution is -2.27. The molecule has 3 rings (SSSR count). The molecule has 0 radical (unpaired) electrons. The molecule has 0 saturated heterocycles. The predicted molar refractivity (Wildman–Crippen MR) is 105 cm³/mol. The number of para-hydroxylation sites is 2. The number of alkyl halides is 1. The molecule has 0 spiro atoms. The van der Waals surface area contributed by atoms with Gasteiger partial charge in [0, 0.05) is 29.7 Å². The van der Waals surface area contributed by atoms with Crippen LogP contribution in [0.3, 0.4) is 0 Å². The number of halogens is 1. The maximum absolute atomic E-state index is 5.85. The van der Waals surface area contributed by atoms with Crippen molar-refractivity contribution >= 4 is 39.1 Å². The molecule has 1 aromatic heterocycles. The van der Waals surface area contributed by atoms with Crippen LogP contribution in [-0.4, -0.2) is 41.9 Å². The zero-order valence-corrected chi connectivity index (χ0v) is 14.9. The average molecular weight is 342 g/mol. The molecule has 0 unspecified atom stereocenters. The highest BCUT2D eigenvalue weighted by Crippen LogP contribution is 2.30. The lowest BCUT2D eigenvalue weighted by Gasteiger charge is -2.19. The molecule has 0 atom stereocenters. The molecule has 0 fully saturated rings. The van der Waals surface area contributed by atoms with Crippen molar-refractivity contribution in [2.24, 2.45) is 0 Å². The van der Waals surface area contributed by atoms with Gasteiger partial charge in [0.25, 0.3) is 0 Å². The van der Waals surface area contributed by atoms with Crippen molar-refractivity contribution in [3.05, 3.63) is 48.5 Å². The summed E-state index contributed by atoms with van der Waals surface area (Å²) in [4.78, 5) is 7.16. The van der Waals surface area contributed by atoms with Gasteiger partial charge < -0.3 is 10.2 Å². The lowest BCUT2D eigenvalue weighted by atomic mass is 10.1. The first kappa shape index (κ1) is 17.0. The van der Waals surface area contributed by atoms with Gasteiger partial charge in [0.2, 0.25) is 0 Å². The largest absolute Gasteiger partial charge is 0.384 e. The number of rotatable bonds is 8. The van der Waals surface area contributed by atoms with Gasteiger partial charge in [-0.15, -0.1) is 11.6 Å². The first-order valence-electron chi connectivity index (χ1n) is 8.63. The molecule has 4 heteroatoms. The fraction of sp³-hybridized carbons (Fsp3) is 0.350. The molecule has 2 aromatic carbocycles. The van der Waals surface area contributed by atoms with Crippen molar-refractivity contribution in [1.82, 2.24) is 9.88 Å². The first-order valence-corrected chi connectivity index (χ1v) is 9.16. The molecule has 1 N–H and O–H groups in total. The SMILES string of the molecule is CCN(CCCl)CCCNc1c2ccccc2nc2ccccc12. The molecule has 3 nitrogen and oxygen atoms in total. The van der Waals surface area contributed by atoms with Crippen LogP contribution in [0.2, 0.25) is 0 Å². The van der Waals surface area contributed by atoms with Crippen LogP contribution in [0.15, 0.2) is 48.5 Å². The van der Waals surface area contributed by atoms with E-state index in [-0.39, 0.29) is 0 Å². The minimum atomic E-state index is 0.695. The predicted octanol–water partition coefficient (Wildman–Crippen LogP) is 4.75. The number of hydrogen-bond acceptors (Lipinski definition) is 3. The van der Waals surface area contributed by atoms with Gasteiger partial charge in [0.1, 0.15) is 0 Å². The van der Waals surface area contributed by atoms with E-state index in [4.69, 9.17) is 16.6 Å². The van der Waals surface area contributed by atoms with Gasteiger partial charge in [0.15, 0.2) is 0 Å². The number of aromatic nitrogens is 1. The van der Waals surface area contributed by atoms with Crippen LogP contribution in [0.25, 0.3) is 21.8 Å². The Morgan fingerprint density at radius 1 is 0.958 bits per heavy atom. The molecule has 24 heavy (non-hydrogen) atoms. The molecule has 0 aliphatic carbocycles. The van der Waals surface area contributed by atoms with Crippen molar-refractivity contribution in [2.75, 3.05) is 37.4 Å². The molecule has 0 aliphatic heterocycles. The second kappa shape index (κ2) is 8.32. The first-order chi connectivity index (χ1) is 11.8. The fourth-order valence-corrected chi connectivity index (χ4v) is 3.33. The summed E-state index contributed by atoms with van der Waals surface area (Å²) in [5.41, 5.74) is 3.27. The van der Waals surface area contributed by atoms with Crippen LogP contribution < -0.4 is 5.32 Å². The number of nitrogens with one attached hydrogen (secondary N) is 1. The summed E-state index contributed by atoms with van der Waals surface area (Å²) in [5, 5.41) is 6.02. The van der Waals surface area contributed by atoms with Crippen molar-refractivity contribution in [2.45, 2.75) is 13.3 Å². The van der Waals surface area contributed by atoms with Crippen molar-refractivity contribution in [1.29, 1.82) is 0 Å². The molecule has 3 aromatic rings. The zero-order valence-electron chi connectivity index (χ0n) is 14.1. The van der Waals surface area contributed by atoms with Gasteiger partial charge in [-0.05, 0) is 31.6 Å². The maximum atomic E-state index is 5.85. The van der Waals surface area contributed by atoms with Gasteiger partial charge in [0.05, 0.1) is 16.7 Å². The molecule has 0 saturated carbocycles. The number of nitrogens with zero attached hydrogens (tertiary/aromatic N) is 2. The van der Waals surface area contributed by atoms with Gasteiger partial charge in [-0.1, -0.05) is 43.3 Å². The van der Waals surface area contributed by atoms with E-state index in [1.54, 1.807) is 0 Å². The Kier molecular flexibility index (Phi) is 5.89. The summed E-state index contributed by atoms with van der Waals surface area (Å²) in [6.07, 6.45) is 1.09. The average Bonchev–Trinajstić information content (AvgIpc) is 2.63. The van der Waals surface area contributed by atoms with Gasteiger partial charge >= 0.3 is 0 Å². The normalized spacial score (nSPS) is 11.5. The molecular formula is C20H24ClN3. The number of fused-ring (bicyclic) bond motifs is 2.